The van der Waals surface area contributed by atoms with Gasteiger partial charge in [0.2, 0.25) is 0 Å². The van der Waals surface area contributed by atoms with Crippen LogP contribution in [0.2, 0.25) is 0 Å². The number of nitrogens with zero attached hydrogens (tertiary/aromatic N) is 4. The first-order chi connectivity index (χ1) is 9.63. The zero-order valence-corrected chi connectivity index (χ0v) is 12.7. The number of benzene rings is 1. The van der Waals surface area contributed by atoms with E-state index in [1.165, 1.54) is 12.1 Å². The molecule has 0 aliphatic heterocycles. The summed E-state index contributed by atoms with van der Waals surface area (Å²) < 4.78 is 1.81. The van der Waals surface area contributed by atoms with Crippen molar-refractivity contribution in [3.05, 3.63) is 40.7 Å². The van der Waals surface area contributed by atoms with Gasteiger partial charge in [-0.1, -0.05) is 29.3 Å². The molecule has 2 rings (SSSR count). The van der Waals surface area contributed by atoms with Crippen molar-refractivity contribution in [1.82, 2.24) is 14.8 Å². The minimum atomic E-state index is -0.419. The van der Waals surface area contributed by atoms with Gasteiger partial charge in [0.25, 0.3) is 5.69 Å². The van der Waals surface area contributed by atoms with Crippen LogP contribution in [0.15, 0.2) is 30.6 Å². The lowest BCUT2D eigenvalue weighted by Gasteiger charge is -2.09. The average Bonchev–Trinajstić information content (AvgIpc) is 2.93. The highest BCUT2D eigenvalue weighted by Gasteiger charge is 2.10. The van der Waals surface area contributed by atoms with Gasteiger partial charge in [-0.05, 0) is 18.1 Å². The number of alkyl halides is 1. The number of non-ortho nitro benzene ring substituents is 1. The van der Waals surface area contributed by atoms with Gasteiger partial charge in [-0.2, -0.15) is 5.10 Å². The highest BCUT2D eigenvalue weighted by molar-refractivity contribution is 9.09. The minimum absolute atomic E-state index is 0.0681. The molecule has 0 bridgehead atoms. The Hall–Kier alpha value is -1.76. The van der Waals surface area contributed by atoms with Gasteiger partial charge in [0.1, 0.15) is 6.33 Å². The molecule has 0 aliphatic carbocycles. The monoisotopic (exact) mass is 338 g/mol. The summed E-state index contributed by atoms with van der Waals surface area (Å²) in [6.45, 7) is 2.95. The van der Waals surface area contributed by atoms with Crippen molar-refractivity contribution >= 4 is 21.6 Å². The lowest BCUT2D eigenvalue weighted by atomic mass is 10.1. The van der Waals surface area contributed by atoms with Gasteiger partial charge in [0.05, 0.1) is 4.92 Å². The summed E-state index contributed by atoms with van der Waals surface area (Å²) in [6, 6.07) is 6.26. The van der Waals surface area contributed by atoms with E-state index < -0.39 is 4.92 Å². The molecule has 0 amide bonds. The Bertz CT molecular complexity index is 578. The summed E-state index contributed by atoms with van der Waals surface area (Å²) in [5.41, 5.74) is 0.847. The van der Waals surface area contributed by atoms with Crippen LogP contribution in [-0.4, -0.2) is 25.0 Å². The van der Waals surface area contributed by atoms with E-state index >= 15 is 0 Å². The van der Waals surface area contributed by atoms with Crippen molar-refractivity contribution in [3.63, 3.8) is 0 Å². The molecule has 1 unspecified atom stereocenters. The van der Waals surface area contributed by atoms with Crippen LogP contribution in [0.25, 0.3) is 11.4 Å². The summed E-state index contributed by atoms with van der Waals surface area (Å²) in [7, 11) is 0. The molecule has 1 aromatic heterocycles. The Labute approximate surface area is 125 Å². The van der Waals surface area contributed by atoms with Gasteiger partial charge < -0.3 is 0 Å². The van der Waals surface area contributed by atoms with Crippen molar-refractivity contribution in [3.8, 4) is 11.4 Å². The van der Waals surface area contributed by atoms with Gasteiger partial charge in [0, 0.05) is 29.6 Å². The topological polar surface area (TPSA) is 73.8 Å². The summed E-state index contributed by atoms with van der Waals surface area (Å²) in [5, 5.41) is 15.9. The lowest BCUT2D eigenvalue weighted by Crippen LogP contribution is -2.11. The zero-order valence-electron chi connectivity index (χ0n) is 11.1. The lowest BCUT2D eigenvalue weighted by molar-refractivity contribution is -0.384. The predicted octanol–water partition coefficient (Wildman–Crippen LogP) is 3.27. The number of nitro groups is 1. The fourth-order valence-electron chi connectivity index (χ4n) is 1.80. The van der Waals surface area contributed by atoms with Crippen molar-refractivity contribution in [1.29, 1.82) is 0 Å². The van der Waals surface area contributed by atoms with Crippen molar-refractivity contribution in [2.45, 2.75) is 19.9 Å². The third-order valence-electron chi connectivity index (χ3n) is 3.11. The van der Waals surface area contributed by atoms with Crippen LogP contribution in [0.4, 0.5) is 5.69 Å². The first-order valence-electron chi connectivity index (χ1n) is 6.34. The third-order valence-corrected chi connectivity index (χ3v) is 4.03. The molecule has 106 valence electrons. The first-order valence-corrected chi connectivity index (χ1v) is 7.46. The Balaban J connectivity index is 2.13. The normalized spacial score (nSPS) is 12.3. The Morgan fingerprint density at radius 1 is 1.40 bits per heavy atom. The molecule has 0 aliphatic rings. The third kappa shape index (κ3) is 3.41. The van der Waals surface area contributed by atoms with Crippen LogP contribution >= 0.6 is 15.9 Å². The first kappa shape index (κ1) is 14.6. The molecule has 0 saturated heterocycles. The average molecular weight is 339 g/mol. The fourth-order valence-corrected chi connectivity index (χ4v) is 2.46. The van der Waals surface area contributed by atoms with Gasteiger partial charge in [-0.3, -0.25) is 14.8 Å². The van der Waals surface area contributed by atoms with Crippen LogP contribution in [0.1, 0.15) is 13.3 Å². The molecule has 0 N–H and O–H groups in total. The minimum Gasteiger partial charge on any atom is -0.258 e. The van der Waals surface area contributed by atoms with E-state index in [9.17, 15) is 10.1 Å². The number of halogens is 1. The molecule has 1 atom stereocenters. The highest BCUT2D eigenvalue weighted by Crippen LogP contribution is 2.19. The molecule has 0 saturated carbocycles. The zero-order chi connectivity index (χ0) is 14.5. The molecule has 1 aromatic carbocycles. The van der Waals surface area contributed by atoms with E-state index in [4.69, 9.17) is 0 Å². The standard InChI is InChI=1S/C13H15BrN4O2/c1-2-10(7-14)8-17-9-15-13(16-17)11-3-5-12(6-4-11)18(19)20/h3-6,9-10H,2,7-8H2,1H3. The van der Waals surface area contributed by atoms with E-state index in [-0.39, 0.29) is 5.69 Å². The van der Waals surface area contributed by atoms with E-state index in [1.54, 1.807) is 18.5 Å². The maximum Gasteiger partial charge on any atom is 0.269 e. The van der Waals surface area contributed by atoms with E-state index in [1.807, 2.05) is 4.68 Å². The Morgan fingerprint density at radius 2 is 2.10 bits per heavy atom. The van der Waals surface area contributed by atoms with Crippen LogP contribution in [0.3, 0.4) is 0 Å². The fraction of sp³-hybridized carbons (Fsp3) is 0.385. The van der Waals surface area contributed by atoms with Crippen molar-refractivity contribution < 1.29 is 4.92 Å². The maximum absolute atomic E-state index is 10.6. The molecular weight excluding hydrogens is 324 g/mol. The second-order valence-electron chi connectivity index (χ2n) is 4.52. The molecule has 0 spiro atoms. The smallest absolute Gasteiger partial charge is 0.258 e. The van der Waals surface area contributed by atoms with E-state index in [2.05, 4.69) is 32.9 Å². The van der Waals surface area contributed by atoms with Crippen LogP contribution in [-0.2, 0) is 6.54 Å². The summed E-state index contributed by atoms with van der Waals surface area (Å²) >= 11 is 3.48. The quantitative estimate of drug-likeness (QED) is 0.460. The summed E-state index contributed by atoms with van der Waals surface area (Å²) in [5.74, 6) is 1.10. The summed E-state index contributed by atoms with van der Waals surface area (Å²) in [6.07, 6.45) is 2.76. The Morgan fingerprint density at radius 3 is 2.65 bits per heavy atom. The molecule has 20 heavy (non-hydrogen) atoms. The predicted molar refractivity (Wildman–Crippen MR) is 79.7 cm³/mol. The van der Waals surface area contributed by atoms with Gasteiger partial charge in [-0.25, -0.2) is 4.98 Å². The van der Waals surface area contributed by atoms with Crippen molar-refractivity contribution in [2.75, 3.05) is 5.33 Å². The van der Waals surface area contributed by atoms with E-state index in [0.717, 1.165) is 23.9 Å². The van der Waals surface area contributed by atoms with Crippen LogP contribution in [0, 0.1) is 16.0 Å². The van der Waals surface area contributed by atoms with Gasteiger partial charge in [-0.15, -0.1) is 0 Å². The second-order valence-corrected chi connectivity index (χ2v) is 5.17. The SMILES string of the molecule is CCC(CBr)Cn1cnc(-c2ccc([N+](=O)[O-])cc2)n1. The number of hydrogen-bond acceptors (Lipinski definition) is 4. The molecule has 1 heterocycles. The molecule has 0 radical (unpaired) electrons. The maximum atomic E-state index is 10.6. The molecule has 0 fully saturated rings. The Kier molecular flexibility index (Phi) is 4.84. The number of nitro benzene ring substituents is 1. The molecule has 6 nitrogen and oxygen atoms in total. The number of rotatable bonds is 6. The van der Waals surface area contributed by atoms with E-state index in [0.29, 0.717) is 11.7 Å². The summed E-state index contributed by atoms with van der Waals surface area (Å²) in [4.78, 5) is 14.4. The highest BCUT2D eigenvalue weighted by atomic mass is 79.9. The van der Waals surface area contributed by atoms with Crippen LogP contribution < -0.4 is 0 Å². The molecular formula is C13H15BrN4O2. The number of hydrogen-bond donors (Lipinski definition) is 0. The van der Waals surface area contributed by atoms with Crippen LogP contribution in [0.5, 0.6) is 0 Å². The van der Waals surface area contributed by atoms with Gasteiger partial charge >= 0.3 is 0 Å². The number of aromatic nitrogens is 3. The largest absolute Gasteiger partial charge is 0.269 e. The molecule has 7 heteroatoms. The van der Waals surface area contributed by atoms with Gasteiger partial charge in [0.15, 0.2) is 5.82 Å². The van der Waals surface area contributed by atoms with Crippen molar-refractivity contribution in [2.24, 2.45) is 5.92 Å². The second kappa shape index (κ2) is 6.60. The molecule has 2 aromatic rings.